The second kappa shape index (κ2) is 12.0. The molecule has 1 aliphatic rings. The van der Waals surface area contributed by atoms with Gasteiger partial charge in [-0.3, -0.25) is 4.90 Å². The Labute approximate surface area is 236 Å². The minimum Gasteiger partial charge on any atom is -0.492 e. The van der Waals surface area contributed by atoms with Gasteiger partial charge in [0.15, 0.2) is 0 Å². The lowest BCUT2D eigenvalue weighted by atomic mass is 10.1. The molecule has 0 unspecified atom stereocenters. The Kier molecular flexibility index (Phi) is 8.26. The van der Waals surface area contributed by atoms with Crippen molar-refractivity contribution < 1.29 is 9.53 Å². The van der Waals surface area contributed by atoms with Gasteiger partial charge in [-0.05, 0) is 69.2 Å². The molecule has 2 amide bonds. The molecular formula is C32H40N6O2. The number of urea groups is 1. The number of fused-ring (bicyclic) bond motifs is 1. The number of amides is 2. The Hall–Kier alpha value is -4.04. The lowest BCUT2D eigenvalue weighted by Crippen LogP contribution is -2.47. The zero-order chi connectivity index (χ0) is 28.1. The molecule has 1 aliphatic heterocycles. The molecule has 3 aromatic carbocycles. The summed E-state index contributed by atoms with van der Waals surface area (Å²) < 4.78 is 5.98. The zero-order valence-corrected chi connectivity index (χ0v) is 24.0. The summed E-state index contributed by atoms with van der Waals surface area (Å²) in [5.74, 6) is 1.71. The molecule has 8 nitrogen and oxygen atoms in total. The molecular weight excluding hydrogens is 500 g/mol. The highest BCUT2D eigenvalue weighted by Gasteiger charge is 2.20. The van der Waals surface area contributed by atoms with E-state index >= 15 is 0 Å². The zero-order valence-electron chi connectivity index (χ0n) is 24.0. The molecule has 5 rings (SSSR count). The summed E-state index contributed by atoms with van der Waals surface area (Å²) in [5, 5.41) is 5.74. The summed E-state index contributed by atoms with van der Waals surface area (Å²) in [5.41, 5.74) is 6.18. The van der Waals surface area contributed by atoms with Gasteiger partial charge in [0, 0.05) is 49.5 Å². The third-order valence-electron chi connectivity index (χ3n) is 7.12. The maximum atomic E-state index is 12.1. The number of imidazole rings is 1. The minimum absolute atomic E-state index is 0.217. The number of carbonyl (C=O) groups is 1. The molecule has 1 aromatic heterocycles. The fraction of sp³-hybridized carbons (Fsp3) is 0.375. The SMILES string of the molecule is CCc1ccc(-c2nc3c(N4CCN(CCOc5ccc(NC(=O)NC(C)(C)C)cc5)CC4)cccc3[nH]2)cc1. The predicted molar refractivity (Wildman–Crippen MR) is 163 cm³/mol. The normalized spacial score (nSPS) is 14.3. The fourth-order valence-corrected chi connectivity index (χ4v) is 4.95. The van der Waals surface area contributed by atoms with Gasteiger partial charge in [0.2, 0.25) is 0 Å². The van der Waals surface area contributed by atoms with Crippen LogP contribution >= 0.6 is 0 Å². The molecule has 1 fully saturated rings. The molecule has 1 saturated heterocycles. The van der Waals surface area contributed by atoms with Crippen LogP contribution in [0.4, 0.5) is 16.2 Å². The van der Waals surface area contributed by atoms with Crippen molar-refractivity contribution in [3.05, 3.63) is 72.3 Å². The standard InChI is InChI=1S/C32H40N6O2/c1-5-23-9-11-24(12-10-23)30-34-27-7-6-8-28(29(27)35-30)38-19-17-37(18-20-38)21-22-40-26-15-13-25(14-16-26)33-31(39)36-32(2,3)4/h6-16H,5,17-22H2,1-4H3,(H,34,35)(H2,33,36,39). The number of benzene rings is 3. The third-order valence-corrected chi connectivity index (χ3v) is 7.12. The number of hydrogen-bond acceptors (Lipinski definition) is 5. The lowest BCUT2D eigenvalue weighted by molar-refractivity contribution is 0.200. The van der Waals surface area contributed by atoms with Gasteiger partial charge in [-0.25, -0.2) is 9.78 Å². The van der Waals surface area contributed by atoms with E-state index in [1.165, 1.54) is 11.3 Å². The molecule has 2 heterocycles. The summed E-state index contributed by atoms with van der Waals surface area (Å²) in [6, 6.07) is 22.3. The van der Waals surface area contributed by atoms with E-state index in [-0.39, 0.29) is 11.6 Å². The highest BCUT2D eigenvalue weighted by Crippen LogP contribution is 2.29. The Bertz CT molecular complexity index is 1410. The summed E-state index contributed by atoms with van der Waals surface area (Å²) in [4.78, 5) is 25.4. The van der Waals surface area contributed by atoms with Gasteiger partial charge in [0.05, 0.1) is 11.2 Å². The molecule has 0 atom stereocenters. The van der Waals surface area contributed by atoms with E-state index in [0.717, 1.165) is 73.0 Å². The maximum absolute atomic E-state index is 12.1. The van der Waals surface area contributed by atoms with Crippen LogP contribution in [0.1, 0.15) is 33.3 Å². The number of hydrogen-bond donors (Lipinski definition) is 3. The van der Waals surface area contributed by atoms with Crippen LogP contribution in [-0.2, 0) is 6.42 Å². The summed E-state index contributed by atoms with van der Waals surface area (Å²) in [6.07, 6.45) is 1.03. The van der Waals surface area contributed by atoms with Crippen molar-refractivity contribution in [2.45, 2.75) is 39.7 Å². The van der Waals surface area contributed by atoms with Crippen LogP contribution in [0, 0.1) is 0 Å². The van der Waals surface area contributed by atoms with E-state index in [2.05, 4.69) is 74.8 Å². The molecule has 0 spiro atoms. The maximum Gasteiger partial charge on any atom is 0.319 e. The highest BCUT2D eigenvalue weighted by atomic mass is 16.5. The van der Waals surface area contributed by atoms with Crippen LogP contribution in [0.3, 0.4) is 0 Å². The molecule has 8 heteroatoms. The number of nitrogens with one attached hydrogen (secondary N) is 3. The molecule has 0 radical (unpaired) electrons. The number of H-pyrrole nitrogens is 1. The molecule has 40 heavy (non-hydrogen) atoms. The number of piperazine rings is 1. The average Bonchev–Trinajstić information content (AvgIpc) is 3.38. The number of aromatic amines is 1. The monoisotopic (exact) mass is 540 g/mol. The van der Waals surface area contributed by atoms with Gasteiger partial charge in [0.25, 0.3) is 0 Å². The van der Waals surface area contributed by atoms with Crippen molar-refractivity contribution in [2.75, 3.05) is 49.5 Å². The summed E-state index contributed by atoms with van der Waals surface area (Å²) >= 11 is 0. The van der Waals surface area contributed by atoms with E-state index in [4.69, 9.17) is 9.72 Å². The third kappa shape index (κ3) is 6.93. The topological polar surface area (TPSA) is 85.5 Å². The predicted octanol–water partition coefficient (Wildman–Crippen LogP) is 5.91. The fourth-order valence-electron chi connectivity index (χ4n) is 4.95. The van der Waals surface area contributed by atoms with Crippen LogP contribution in [0.2, 0.25) is 0 Å². The second-order valence-corrected chi connectivity index (χ2v) is 11.3. The number of anilines is 2. The van der Waals surface area contributed by atoms with Crippen LogP contribution in [0.15, 0.2) is 66.7 Å². The van der Waals surface area contributed by atoms with E-state index in [1.807, 2.05) is 45.0 Å². The lowest BCUT2D eigenvalue weighted by Gasteiger charge is -2.36. The highest BCUT2D eigenvalue weighted by molar-refractivity contribution is 5.91. The first-order valence-corrected chi connectivity index (χ1v) is 14.1. The average molecular weight is 541 g/mol. The van der Waals surface area contributed by atoms with Gasteiger partial charge >= 0.3 is 6.03 Å². The van der Waals surface area contributed by atoms with Crippen molar-refractivity contribution in [2.24, 2.45) is 0 Å². The van der Waals surface area contributed by atoms with E-state index in [9.17, 15) is 4.79 Å². The summed E-state index contributed by atoms with van der Waals surface area (Å²) in [7, 11) is 0. The van der Waals surface area contributed by atoms with E-state index < -0.39 is 0 Å². The second-order valence-electron chi connectivity index (χ2n) is 11.3. The van der Waals surface area contributed by atoms with Gasteiger partial charge in [-0.2, -0.15) is 0 Å². The number of para-hydroxylation sites is 1. The van der Waals surface area contributed by atoms with Crippen LogP contribution < -0.4 is 20.3 Å². The summed E-state index contributed by atoms with van der Waals surface area (Å²) in [6.45, 7) is 13.3. The van der Waals surface area contributed by atoms with Crippen LogP contribution in [-0.4, -0.2) is 65.8 Å². The Morgan fingerprint density at radius 2 is 1.70 bits per heavy atom. The molecule has 0 bridgehead atoms. The van der Waals surface area contributed by atoms with Gasteiger partial charge in [0.1, 0.15) is 23.7 Å². The van der Waals surface area contributed by atoms with E-state index in [1.54, 1.807) is 0 Å². The minimum atomic E-state index is -0.282. The number of rotatable bonds is 8. The molecule has 0 aliphatic carbocycles. The number of ether oxygens (including phenoxy) is 1. The molecule has 3 N–H and O–H groups in total. The van der Waals surface area contributed by atoms with Gasteiger partial charge in [-0.1, -0.05) is 37.3 Å². The van der Waals surface area contributed by atoms with Crippen molar-refractivity contribution in [1.29, 1.82) is 0 Å². The number of carbonyl (C=O) groups excluding carboxylic acids is 1. The van der Waals surface area contributed by atoms with Crippen molar-refractivity contribution in [1.82, 2.24) is 20.2 Å². The Balaban J connectivity index is 1.11. The van der Waals surface area contributed by atoms with Gasteiger partial charge < -0.3 is 25.3 Å². The van der Waals surface area contributed by atoms with Crippen LogP contribution in [0.25, 0.3) is 22.4 Å². The van der Waals surface area contributed by atoms with Crippen molar-refractivity contribution in [3.8, 4) is 17.1 Å². The largest absolute Gasteiger partial charge is 0.492 e. The number of aromatic nitrogens is 2. The smallest absolute Gasteiger partial charge is 0.319 e. The van der Waals surface area contributed by atoms with E-state index in [0.29, 0.717) is 6.61 Å². The molecule has 0 saturated carbocycles. The van der Waals surface area contributed by atoms with Gasteiger partial charge in [-0.15, -0.1) is 0 Å². The number of aryl methyl sites for hydroxylation is 1. The first-order valence-electron chi connectivity index (χ1n) is 14.1. The molecule has 4 aromatic rings. The first-order chi connectivity index (χ1) is 19.3. The van der Waals surface area contributed by atoms with Crippen LogP contribution in [0.5, 0.6) is 5.75 Å². The molecule has 210 valence electrons. The van der Waals surface area contributed by atoms with Crippen molar-refractivity contribution in [3.63, 3.8) is 0 Å². The number of nitrogens with zero attached hydrogens (tertiary/aromatic N) is 3. The van der Waals surface area contributed by atoms with Crippen molar-refractivity contribution >= 4 is 28.4 Å². The Morgan fingerprint density at radius 1 is 0.975 bits per heavy atom. The quantitative estimate of drug-likeness (QED) is 0.259. The Morgan fingerprint density at radius 3 is 2.38 bits per heavy atom. The first kappa shape index (κ1) is 27.5.